The van der Waals surface area contributed by atoms with Crippen molar-refractivity contribution in [3.8, 4) is 0 Å². The first kappa shape index (κ1) is 12.7. The van der Waals surface area contributed by atoms with Crippen LogP contribution in [0.3, 0.4) is 0 Å². The molecule has 0 amide bonds. The van der Waals surface area contributed by atoms with Crippen LogP contribution >= 0.6 is 22.5 Å². The van der Waals surface area contributed by atoms with E-state index in [1.807, 2.05) is 0 Å². The van der Waals surface area contributed by atoms with Crippen molar-refractivity contribution in [1.29, 1.82) is 0 Å². The van der Waals surface area contributed by atoms with Crippen molar-refractivity contribution in [2.75, 3.05) is 32.0 Å². The van der Waals surface area contributed by atoms with Gasteiger partial charge in [0.15, 0.2) is 0 Å². The van der Waals surface area contributed by atoms with Crippen molar-refractivity contribution in [3.05, 3.63) is 0 Å². The largest absolute Gasteiger partial charge is 0.377 e. The number of hydrogen-bond acceptors (Lipinski definition) is 4. The summed E-state index contributed by atoms with van der Waals surface area (Å²) in [4.78, 5) is 2.50. The summed E-state index contributed by atoms with van der Waals surface area (Å²) in [6.07, 6.45) is 4.08. The number of ether oxygens (including phenoxy) is 1. The Kier molecular flexibility index (Phi) is 7.12. The number of rotatable bonds is 7. The van der Waals surface area contributed by atoms with Gasteiger partial charge in [-0.05, 0) is 25.8 Å². The highest BCUT2D eigenvalue weighted by Crippen LogP contribution is 2.13. The maximum Gasteiger partial charge on any atom is 0.0714 e. The molecule has 0 aliphatic carbocycles. The van der Waals surface area contributed by atoms with Gasteiger partial charge in [-0.15, -0.1) is 11.7 Å². The van der Waals surface area contributed by atoms with E-state index in [2.05, 4.69) is 23.5 Å². The molecule has 1 atom stereocenters. The summed E-state index contributed by atoms with van der Waals surface area (Å²) < 4.78 is 5.79. The molecule has 1 rings (SSSR count). The normalized spacial score (nSPS) is 23.1. The van der Waals surface area contributed by atoms with E-state index in [0.29, 0.717) is 6.10 Å². The van der Waals surface area contributed by atoms with Gasteiger partial charge in [-0.3, -0.25) is 0 Å². The second-order valence-electron chi connectivity index (χ2n) is 3.77. The Labute approximate surface area is 96.6 Å². The van der Waals surface area contributed by atoms with Crippen molar-refractivity contribution < 1.29 is 4.74 Å². The molecule has 1 aliphatic heterocycles. The molecule has 0 saturated carbocycles. The van der Waals surface area contributed by atoms with Gasteiger partial charge in [-0.2, -0.15) is 0 Å². The molecule has 0 N–H and O–H groups in total. The van der Waals surface area contributed by atoms with Gasteiger partial charge < -0.3 is 9.64 Å². The smallest absolute Gasteiger partial charge is 0.0714 e. The van der Waals surface area contributed by atoms with Gasteiger partial charge in [-0.1, -0.05) is 17.7 Å². The van der Waals surface area contributed by atoms with Crippen LogP contribution in [-0.2, 0) is 4.74 Å². The van der Waals surface area contributed by atoms with Crippen LogP contribution in [0, 0.1) is 0 Å². The van der Waals surface area contributed by atoms with E-state index in [4.69, 9.17) is 4.74 Å². The molecular weight excluding hydrogens is 214 g/mol. The van der Waals surface area contributed by atoms with E-state index in [1.54, 1.807) is 10.8 Å². The van der Waals surface area contributed by atoms with Crippen LogP contribution < -0.4 is 0 Å². The van der Waals surface area contributed by atoms with Crippen molar-refractivity contribution in [1.82, 2.24) is 4.90 Å². The SMILES string of the molecule is CCCN1CC[C@@H](OCCCSS)C1. The fraction of sp³-hybridized carbons (Fsp3) is 1.00. The second kappa shape index (κ2) is 7.85. The first-order chi connectivity index (χ1) is 6.86. The van der Waals surface area contributed by atoms with Gasteiger partial charge in [0.25, 0.3) is 0 Å². The average molecular weight is 235 g/mol. The van der Waals surface area contributed by atoms with Crippen molar-refractivity contribution in [2.24, 2.45) is 0 Å². The molecule has 1 saturated heterocycles. The lowest BCUT2D eigenvalue weighted by molar-refractivity contribution is 0.0601. The van der Waals surface area contributed by atoms with E-state index in [9.17, 15) is 0 Å². The summed E-state index contributed by atoms with van der Waals surface area (Å²) in [5, 5.41) is 0. The third-order valence-electron chi connectivity index (χ3n) is 2.50. The van der Waals surface area contributed by atoms with Crippen LogP contribution in [-0.4, -0.2) is 43.0 Å². The number of thiol groups is 1. The van der Waals surface area contributed by atoms with Gasteiger partial charge in [0.05, 0.1) is 6.10 Å². The number of nitrogens with zero attached hydrogens (tertiary/aromatic N) is 1. The lowest BCUT2D eigenvalue weighted by atomic mass is 10.3. The van der Waals surface area contributed by atoms with E-state index >= 15 is 0 Å². The molecule has 2 nitrogen and oxygen atoms in total. The topological polar surface area (TPSA) is 12.5 Å². The summed E-state index contributed by atoms with van der Waals surface area (Å²) in [6, 6.07) is 0. The second-order valence-corrected chi connectivity index (χ2v) is 5.21. The van der Waals surface area contributed by atoms with Gasteiger partial charge in [0.1, 0.15) is 0 Å². The molecule has 0 aromatic carbocycles. The molecule has 14 heavy (non-hydrogen) atoms. The average Bonchev–Trinajstić information content (AvgIpc) is 2.61. The highest BCUT2D eigenvalue weighted by atomic mass is 33.1. The monoisotopic (exact) mass is 235 g/mol. The highest BCUT2D eigenvalue weighted by molar-refractivity contribution is 8.68. The van der Waals surface area contributed by atoms with Gasteiger partial charge >= 0.3 is 0 Å². The highest BCUT2D eigenvalue weighted by Gasteiger charge is 2.21. The molecule has 0 unspecified atom stereocenters. The maximum atomic E-state index is 5.79. The fourth-order valence-corrected chi connectivity index (χ4v) is 2.46. The molecular formula is C10H21NOS2. The van der Waals surface area contributed by atoms with E-state index in [1.165, 1.54) is 25.9 Å². The molecule has 0 aromatic rings. The number of hydrogen-bond donors (Lipinski definition) is 1. The quantitative estimate of drug-likeness (QED) is 0.414. The Morgan fingerprint density at radius 3 is 3.14 bits per heavy atom. The predicted octanol–water partition coefficient (Wildman–Crippen LogP) is 2.46. The predicted molar refractivity (Wildman–Crippen MR) is 67.1 cm³/mol. The van der Waals surface area contributed by atoms with Crippen LogP contribution in [0.15, 0.2) is 0 Å². The Hall–Kier alpha value is 0.620. The van der Waals surface area contributed by atoms with Crippen molar-refractivity contribution in [3.63, 3.8) is 0 Å². The molecule has 0 aromatic heterocycles. The summed E-state index contributed by atoms with van der Waals surface area (Å²) in [7, 11) is 1.60. The molecule has 4 heteroatoms. The summed E-state index contributed by atoms with van der Waals surface area (Å²) in [5.41, 5.74) is 0. The van der Waals surface area contributed by atoms with Crippen LogP contribution in [0.25, 0.3) is 0 Å². The Morgan fingerprint density at radius 2 is 2.43 bits per heavy atom. The third-order valence-corrected chi connectivity index (χ3v) is 3.52. The third kappa shape index (κ3) is 4.91. The molecule has 0 spiro atoms. The summed E-state index contributed by atoms with van der Waals surface area (Å²) in [5.74, 6) is 1.09. The Morgan fingerprint density at radius 1 is 1.57 bits per heavy atom. The van der Waals surface area contributed by atoms with Crippen molar-refractivity contribution in [2.45, 2.75) is 32.3 Å². The van der Waals surface area contributed by atoms with Gasteiger partial charge in [0, 0.05) is 25.4 Å². The van der Waals surface area contributed by atoms with Crippen molar-refractivity contribution >= 4 is 22.5 Å². The lowest BCUT2D eigenvalue weighted by Crippen LogP contribution is -2.24. The molecule has 1 fully saturated rings. The molecule has 1 aliphatic rings. The minimum atomic E-state index is 0.492. The standard InChI is InChI=1S/C10H21NOS2/c1-2-5-11-6-4-10(9-11)12-7-3-8-14-13/h10,13H,2-9H2,1H3/t10-/m1/s1. The minimum absolute atomic E-state index is 0.492. The van der Waals surface area contributed by atoms with Crippen LogP contribution in [0.1, 0.15) is 26.2 Å². The molecule has 1 heterocycles. The molecule has 0 radical (unpaired) electrons. The zero-order valence-electron chi connectivity index (χ0n) is 8.95. The van der Waals surface area contributed by atoms with Gasteiger partial charge in [-0.25, -0.2) is 0 Å². The first-order valence-electron chi connectivity index (χ1n) is 5.47. The number of likely N-dealkylation sites (tertiary alicyclic amines) is 1. The van der Waals surface area contributed by atoms with E-state index < -0.39 is 0 Å². The van der Waals surface area contributed by atoms with E-state index in [0.717, 1.165) is 25.3 Å². The Balaban J connectivity index is 1.98. The first-order valence-corrected chi connectivity index (χ1v) is 7.51. The fourth-order valence-electron chi connectivity index (χ4n) is 1.83. The maximum absolute atomic E-state index is 5.79. The lowest BCUT2D eigenvalue weighted by Gasteiger charge is -2.14. The van der Waals surface area contributed by atoms with Gasteiger partial charge in [0.2, 0.25) is 0 Å². The molecule has 84 valence electrons. The minimum Gasteiger partial charge on any atom is -0.377 e. The molecule has 0 bridgehead atoms. The summed E-state index contributed by atoms with van der Waals surface area (Å²) in [6.45, 7) is 6.73. The van der Waals surface area contributed by atoms with Crippen LogP contribution in [0.2, 0.25) is 0 Å². The van der Waals surface area contributed by atoms with E-state index in [-0.39, 0.29) is 0 Å². The van der Waals surface area contributed by atoms with Crippen LogP contribution in [0.5, 0.6) is 0 Å². The summed E-state index contributed by atoms with van der Waals surface area (Å²) >= 11 is 4.10. The Bertz CT molecular complexity index is 146. The zero-order valence-corrected chi connectivity index (χ0v) is 10.7. The zero-order chi connectivity index (χ0) is 10.2. The van der Waals surface area contributed by atoms with Crippen LogP contribution in [0.4, 0.5) is 0 Å².